The van der Waals surface area contributed by atoms with Crippen LogP contribution in [0.1, 0.15) is 37.3 Å². The molecule has 1 N–H and O–H groups in total. The van der Waals surface area contributed by atoms with Gasteiger partial charge in [0.15, 0.2) is 5.65 Å². The third-order valence-electron chi connectivity index (χ3n) is 4.70. The molecule has 0 bridgehead atoms. The van der Waals surface area contributed by atoms with E-state index in [9.17, 15) is 0 Å². The summed E-state index contributed by atoms with van der Waals surface area (Å²) in [6, 6.07) is 8.30. The molecule has 1 atom stereocenters. The van der Waals surface area contributed by atoms with Gasteiger partial charge in [-0.05, 0) is 44.5 Å². The van der Waals surface area contributed by atoms with Crippen LogP contribution in [0.4, 0.5) is 5.82 Å². The van der Waals surface area contributed by atoms with Gasteiger partial charge in [0.1, 0.15) is 11.6 Å². The maximum atomic E-state index is 5.70. The van der Waals surface area contributed by atoms with Crippen molar-refractivity contribution in [3.8, 4) is 0 Å². The smallest absolute Gasteiger partial charge is 0.157 e. The summed E-state index contributed by atoms with van der Waals surface area (Å²) in [7, 11) is 0. The Balaban J connectivity index is 1.59. The normalized spacial score (nSPS) is 16.7. The van der Waals surface area contributed by atoms with Gasteiger partial charge in [-0.2, -0.15) is 9.61 Å². The molecule has 1 saturated heterocycles. The lowest BCUT2D eigenvalue weighted by molar-refractivity contribution is 0.225. The molecule has 4 rings (SSSR count). The minimum absolute atomic E-state index is 0.242. The fraction of sp³-hybridized carbons (Fsp3) is 0.444. The van der Waals surface area contributed by atoms with Crippen molar-refractivity contribution >= 4 is 11.5 Å². The van der Waals surface area contributed by atoms with Gasteiger partial charge in [-0.1, -0.05) is 6.92 Å². The molecule has 1 fully saturated rings. The van der Waals surface area contributed by atoms with E-state index in [1.54, 1.807) is 12.5 Å². The van der Waals surface area contributed by atoms with Gasteiger partial charge < -0.3 is 9.73 Å². The second-order valence-electron chi connectivity index (χ2n) is 6.24. The zero-order valence-electron chi connectivity index (χ0n) is 14.0. The lowest BCUT2D eigenvalue weighted by Gasteiger charge is -2.26. The topological polar surface area (TPSA) is 58.6 Å². The number of aryl methyl sites for hydroxylation is 1. The van der Waals surface area contributed by atoms with Gasteiger partial charge in [0.05, 0.1) is 18.5 Å². The molecular formula is C18H23N5O. The minimum atomic E-state index is 0.242. The predicted molar refractivity (Wildman–Crippen MR) is 93.1 cm³/mol. The molecule has 0 aliphatic carbocycles. The van der Waals surface area contributed by atoms with E-state index in [0.29, 0.717) is 0 Å². The second-order valence-corrected chi connectivity index (χ2v) is 6.24. The molecule has 0 spiro atoms. The van der Waals surface area contributed by atoms with Crippen molar-refractivity contribution in [1.82, 2.24) is 19.5 Å². The first-order valence-electron chi connectivity index (χ1n) is 8.70. The van der Waals surface area contributed by atoms with Crippen LogP contribution in [-0.4, -0.2) is 39.1 Å². The van der Waals surface area contributed by atoms with Crippen molar-refractivity contribution in [2.75, 3.05) is 25.0 Å². The average molecular weight is 325 g/mol. The van der Waals surface area contributed by atoms with Crippen LogP contribution in [0, 0.1) is 0 Å². The van der Waals surface area contributed by atoms with E-state index in [2.05, 4.69) is 39.4 Å². The van der Waals surface area contributed by atoms with Crippen molar-refractivity contribution in [2.24, 2.45) is 0 Å². The van der Waals surface area contributed by atoms with Gasteiger partial charge in [-0.15, -0.1) is 0 Å². The summed E-state index contributed by atoms with van der Waals surface area (Å²) in [4.78, 5) is 7.09. The summed E-state index contributed by atoms with van der Waals surface area (Å²) in [5.41, 5.74) is 1.95. The number of likely N-dealkylation sites (tertiary alicyclic amines) is 1. The van der Waals surface area contributed by atoms with E-state index in [-0.39, 0.29) is 6.04 Å². The maximum absolute atomic E-state index is 5.70. The summed E-state index contributed by atoms with van der Waals surface area (Å²) in [6.45, 7) is 5.16. The Bertz CT molecular complexity index is 789. The highest BCUT2D eigenvalue weighted by atomic mass is 16.3. The Morgan fingerprint density at radius 2 is 2.17 bits per heavy atom. The number of nitrogens with one attached hydrogen (secondary N) is 1. The van der Waals surface area contributed by atoms with Crippen molar-refractivity contribution in [3.63, 3.8) is 0 Å². The van der Waals surface area contributed by atoms with Crippen LogP contribution in [0.3, 0.4) is 0 Å². The first-order chi connectivity index (χ1) is 11.8. The van der Waals surface area contributed by atoms with Crippen LogP contribution in [0.5, 0.6) is 0 Å². The quantitative estimate of drug-likeness (QED) is 0.754. The van der Waals surface area contributed by atoms with Gasteiger partial charge >= 0.3 is 0 Å². The summed E-state index contributed by atoms with van der Waals surface area (Å²) < 4.78 is 7.56. The molecule has 1 unspecified atom stereocenters. The predicted octanol–water partition coefficient (Wildman–Crippen LogP) is 3.13. The van der Waals surface area contributed by atoms with E-state index in [1.165, 1.54) is 12.8 Å². The van der Waals surface area contributed by atoms with Crippen molar-refractivity contribution in [2.45, 2.75) is 32.2 Å². The SMILES string of the molecule is CCc1cc(NCC(c2ccco2)N2CCCC2)n2nccc2n1. The molecule has 6 heteroatoms. The van der Waals surface area contributed by atoms with E-state index in [4.69, 9.17) is 4.42 Å². The molecule has 0 saturated carbocycles. The minimum Gasteiger partial charge on any atom is -0.468 e. The Hall–Kier alpha value is -2.34. The highest BCUT2D eigenvalue weighted by Crippen LogP contribution is 2.26. The van der Waals surface area contributed by atoms with Gasteiger partial charge in [0, 0.05) is 24.4 Å². The molecule has 3 aromatic rings. The molecule has 3 aromatic heterocycles. The Morgan fingerprint density at radius 3 is 2.92 bits per heavy atom. The maximum Gasteiger partial charge on any atom is 0.157 e. The van der Waals surface area contributed by atoms with Gasteiger partial charge in [-0.25, -0.2) is 4.98 Å². The van der Waals surface area contributed by atoms with Crippen LogP contribution < -0.4 is 5.32 Å². The van der Waals surface area contributed by atoms with Crippen molar-refractivity contribution in [1.29, 1.82) is 0 Å². The van der Waals surface area contributed by atoms with Crippen molar-refractivity contribution < 1.29 is 4.42 Å². The van der Waals surface area contributed by atoms with E-state index in [0.717, 1.165) is 49.0 Å². The second kappa shape index (κ2) is 6.65. The molecule has 24 heavy (non-hydrogen) atoms. The highest BCUT2D eigenvalue weighted by Gasteiger charge is 2.25. The Kier molecular flexibility index (Phi) is 4.21. The summed E-state index contributed by atoms with van der Waals surface area (Å²) in [5.74, 6) is 2.00. The third-order valence-corrected chi connectivity index (χ3v) is 4.70. The van der Waals surface area contributed by atoms with Crippen molar-refractivity contribution in [3.05, 3.63) is 48.2 Å². The van der Waals surface area contributed by atoms with Gasteiger partial charge in [0.2, 0.25) is 0 Å². The standard InChI is InChI=1S/C18H23N5O/c1-2-14-12-18(23-17(21-14)7-8-20-23)19-13-15(16-6-5-11-24-16)22-9-3-4-10-22/h5-8,11-12,15,19H,2-4,9-10,13H2,1H3. The fourth-order valence-electron chi connectivity index (χ4n) is 3.42. The zero-order chi connectivity index (χ0) is 16.4. The number of nitrogens with zero attached hydrogens (tertiary/aromatic N) is 4. The molecule has 0 amide bonds. The summed E-state index contributed by atoms with van der Waals surface area (Å²) >= 11 is 0. The number of hydrogen-bond acceptors (Lipinski definition) is 5. The Morgan fingerprint density at radius 1 is 1.29 bits per heavy atom. The number of rotatable bonds is 6. The van der Waals surface area contributed by atoms with E-state index < -0.39 is 0 Å². The molecule has 1 aliphatic heterocycles. The van der Waals surface area contributed by atoms with Crippen LogP contribution in [0.15, 0.2) is 41.1 Å². The van der Waals surface area contributed by atoms with E-state index >= 15 is 0 Å². The molecule has 1 aliphatic rings. The van der Waals surface area contributed by atoms with E-state index in [1.807, 2.05) is 16.6 Å². The zero-order valence-corrected chi connectivity index (χ0v) is 14.0. The number of furan rings is 1. The lowest BCUT2D eigenvalue weighted by Crippen LogP contribution is -2.31. The number of anilines is 1. The molecule has 126 valence electrons. The third kappa shape index (κ3) is 2.89. The lowest BCUT2D eigenvalue weighted by atomic mass is 10.2. The molecule has 0 aromatic carbocycles. The molecule has 6 nitrogen and oxygen atoms in total. The van der Waals surface area contributed by atoms with Crippen LogP contribution in [0.2, 0.25) is 0 Å². The highest BCUT2D eigenvalue weighted by molar-refractivity contribution is 5.49. The van der Waals surface area contributed by atoms with Crippen LogP contribution in [-0.2, 0) is 6.42 Å². The van der Waals surface area contributed by atoms with Gasteiger partial charge in [-0.3, -0.25) is 4.90 Å². The molecule has 4 heterocycles. The first-order valence-corrected chi connectivity index (χ1v) is 8.70. The molecule has 0 radical (unpaired) electrons. The van der Waals surface area contributed by atoms with Crippen LogP contribution in [0.25, 0.3) is 5.65 Å². The Labute approximate surface area is 141 Å². The van der Waals surface area contributed by atoms with Gasteiger partial charge in [0.25, 0.3) is 0 Å². The summed E-state index contributed by atoms with van der Waals surface area (Å²) in [6.07, 6.45) is 6.97. The fourth-order valence-corrected chi connectivity index (χ4v) is 3.42. The largest absolute Gasteiger partial charge is 0.468 e. The average Bonchev–Trinajstić information content (AvgIpc) is 3.36. The monoisotopic (exact) mass is 325 g/mol. The molecular weight excluding hydrogens is 302 g/mol. The first kappa shape index (κ1) is 15.2. The van der Waals surface area contributed by atoms with Crippen LogP contribution >= 0.6 is 0 Å². The number of fused-ring (bicyclic) bond motifs is 1. The number of hydrogen-bond donors (Lipinski definition) is 1. The summed E-state index contributed by atoms with van der Waals surface area (Å²) in [5, 5.41) is 7.96. The number of aromatic nitrogens is 3.